The average Bonchev–Trinajstić information content (AvgIpc) is 3.34. The van der Waals surface area contributed by atoms with Crippen molar-refractivity contribution < 1.29 is 27.8 Å². The monoisotopic (exact) mass is 512 g/mol. The number of aromatic nitrogens is 2. The van der Waals surface area contributed by atoms with Gasteiger partial charge in [0.1, 0.15) is 29.2 Å². The number of anilines is 1. The fourth-order valence-corrected chi connectivity index (χ4v) is 5.50. The van der Waals surface area contributed by atoms with E-state index in [9.17, 15) is 23.1 Å². The van der Waals surface area contributed by atoms with Crippen molar-refractivity contribution in [3.05, 3.63) is 89.4 Å². The first-order valence-corrected chi connectivity index (χ1v) is 12.1. The van der Waals surface area contributed by atoms with Gasteiger partial charge < -0.3 is 19.6 Å². The largest absolute Gasteiger partial charge is 0.382 e. The summed E-state index contributed by atoms with van der Waals surface area (Å²) in [5, 5.41) is 19.5. The summed E-state index contributed by atoms with van der Waals surface area (Å²) in [6, 6.07) is 12.5. The van der Waals surface area contributed by atoms with Gasteiger partial charge in [-0.05, 0) is 41.5 Å². The molecule has 2 aromatic carbocycles. The lowest BCUT2D eigenvalue weighted by molar-refractivity contribution is -0.160. The number of ether oxygens (including phenoxy) is 1. The first-order chi connectivity index (χ1) is 17.8. The molecule has 3 heterocycles. The molecule has 2 aliphatic rings. The molecule has 0 aliphatic carbocycles. The second-order valence-electron chi connectivity index (χ2n) is 9.56. The maximum atomic E-state index is 14.9. The molecule has 7 nitrogen and oxygen atoms in total. The predicted octanol–water partition coefficient (Wildman–Crippen LogP) is 3.25. The Hall–Kier alpha value is -3.50. The molecule has 3 aromatic rings. The Morgan fingerprint density at radius 2 is 1.81 bits per heavy atom. The van der Waals surface area contributed by atoms with Gasteiger partial charge in [-0.25, -0.2) is 13.2 Å². The van der Waals surface area contributed by atoms with Gasteiger partial charge in [0.15, 0.2) is 5.82 Å². The van der Waals surface area contributed by atoms with Gasteiger partial charge in [-0.15, -0.1) is 5.10 Å². The Morgan fingerprint density at radius 1 is 1.05 bits per heavy atom. The molecule has 4 atom stereocenters. The number of piperidine rings is 1. The fourth-order valence-electron chi connectivity index (χ4n) is 5.50. The molecule has 2 fully saturated rings. The van der Waals surface area contributed by atoms with Crippen molar-refractivity contribution in [3.8, 4) is 0 Å². The van der Waals surface area contributed by atoms with Crippen LogP contribution in [0.2, 0.25) is 0 Å². The zero-order valence-corrected chi connectivity index (χ0v) is 20.2. The zero-order chi connectivity index (χ0) is 26.2. The van der Waals surface area contributed by atoms with E-state index in [1.165, 1.54) is 43.5 Å². The highest BCUT2D eigenvalue weighted by atomic mass is 19.1. The number of methoxy groups -OCH3 is 1. The van der Waals surface area contributed by atoms with Crippen molar-refractivity contribution in [1.82, 2.24) is 15.1 Å². The molecule has 37 heavy (non-hydrogen) atoms. The normalized spacial score (nSPS) is 25.9. The van der Waals surface area contributed by atoms with Crippen molar-refractivity contribution in [3.63, 3.8) is 0 Å². The molecule has 2 aliphatic heterocycles. The molecule has 1 aromatic heterocycles. The number of nitrogens with zero attached hydrogens (tertiary/aromatic N) is 4. The van der Waals surface area contributed by atoms with Crippen LogP contribution in [0.15, 0.2) is 60.8 Å². The SMILES string of the molecule is CO[C@H]1CN(C(=O)[C@@H]2CN(c3cccnn3)C[C@H]2c2ccc(F)cc2F)CC[C@]1(O)c1ccc(F)cc1. The van der Waals surface area contributed by atoms with E-state index in [2.05, 4.69) is 10.2 Å². The van der Waals surface area contributed by atoms with Crippen molar-refractivity contribution in [2.24, 2.45) is 5.92 Å². The number of hydrogen-bond donors (Lipinski definition) is 1. The van der Waals surface area contributed by atoms with E-state index in [1.807, 2.05) is 4.90 Å². The molecule has 1 N–H and O–H groups in total. The van der Waals surface area contributed by atoms with Crippen LogP contribution < -0.4 is 4.90 Å². The first-order valence-electron chi connectivity index (χ1n) is 12.1. The zero-order valence-electron chi connectivity index (χ0n) is 20.2. The van der Waals surface area contributed by atoms with Crippen molar-refractivity contribution >= 4 is 11.7 Å². The molecule has 5 rings (SSSR count). The smallest absolute Gasteiger partial charge is 0.228 e. The van der Waals surface area contributed by atoms with E-state index in [4.69, 9.17) is 4.74 Å². The molecular formula is C27H27F3N4O3. The van der Waals surface area contributed by atoms with Crippen LogP contribution in [-0.2, 0) is 15.1 Å². The van der Waals surface area contributed by atoms with E-state index >= 15 is 0 Å². The number of likely N-dealkylation sites (tertiary alicyclic amines) is 1. The highest BCUT2D eigenvalue weighted by Gasteiger charge is 2.48. The van der Waals surface area contributed by atoms with E-state index < -0.39 is 41.0 Å². The third-order valence-corrected chi connectivity index (χ3v) is 7.50. The van der Waals surface area contributed by atoms with Gasteiger partial charge in [0.05, 0.1) is 5.92 Å². The summed E-state index contributed by atoms with van der Waals surface area (Å²) in [4.78, 5) is 17.4. The Bertz CT molecular complexity index is 1260. The average molecular weight is 513 g/mol. The van der Waals surface area contributed by atoms with Crippen LogP contribution in [0.1, 0.15) is 23.5 Å². The number of halogens is 3. The number of rotatable bonds is 5. The maximum Gasteiger partial charge on any atom is 0.228 e. The Labute approximate surface area is 212 Å². The van der Waals surface area contributed by atoms with Crippen LogP contribution in [0.25, 0.3) is 0 Å². The fraction of sp³-hybridized carbons (Fsp3) is 0.370. The molecule has 10 heteroatoms. The third-order valence-electron chi connectivity index (χ3n) is 7.50. The molecule has 0 bridgehead atoms. The minimum absolute atomic E-state index is 0.101. The number of amides is 1. The second-order valence-corrected chi connectivity index (χ2v) is 9.56. The summed E-state index contributed by atoms with van der Waals surface area (Å²) < 4.78 is 47.5. The molecule has 0 radical (unpaired) electrons. The Kier molecular flexibility index (Phi) is 6.87. The van der Waals surface area contributed by atoms with Crippen LogP contribution in [-0.4, -0.2) is 65.5 Å². The van der Waals surface area contributed by atoms with Gasteiger partial charge in [0.25, 0.3) is 0 Å². The summed E-state index contributed by atoms with van der Waals surface area (Å²) in [5.41, 5.74) is -0.633. The lowest BCUT2D eigenvalue weighted by Gasteiger charge is -2.45. The van der Waals surface area contributed by atoms with Crippen LogP contribution in [0, 0.1) is 23.4 Å². The lowest BCUT2D eigenvalue weighted by Crippen LogP contribution is -2.57. The minimum Gasteiger partial charge on any atom is -0.382 e. The van der Waals surface area contributed by atoms with E-state index in [0.29, 0.717) is 17.9 Å². The molecule has 2 saturated heterocycles. The Balaban J connectivity index is 1.41. The summed E-state index contributed by atoms with van der Waals surface area (Å²) in [6.07, 6.45) is 0.966. The maximum absolute atomic E-state index is 14.9. The van der Waals surface area contributed by atoms with Crippen molar-refractivity contribution in [1.29, 1.82) is 0 Å². The molecule has 194 valence electrons. The highest BCUT2D eigenvalue weighted by molar-refractivity contribution is 5.82. The second kappa shape index (κ2) is 10.1. The van der Waals surface area contributed by atoms with Gasteiger partial charge in [-0.2, -0.15) is 5.10 Å². The molecule has 0 spiro atoms. The van der Waals surface area contributed by atoms with Crippen LogP contribution >= 0.6 is 0 Å². The molecule has 0 saturated carbocycles. The van der Waals surface area contributed by atoms with Crippen LogP contribution in [0.5, 0.6) is 0 Å². The highest BCUT2D eigenvalue weighted by Crippen LogP contribution is 2.40. The predicted molar refractivity (Wildman–Crippen MR) is 129 cm³/mol. The Morgan fingerprint density at radius 3 is 2.49 bits per heavy atom. The summed E-state index contributed by atoms with van der Waals surface area (Å²) in [5.74, 6) is -2.66. The molecular weight excluding hydrogens is 485 g/mol. The van der Waals surface area contributed by atoms with Crippen LogP contribution in [0.4, 0.5) is 19.0 Å². The molecule has 1 amide bonds. The standard InChI is InChI=1S/C27H27F3N4O3/c1-37-24-16-33(12-10-27(24,36)17-4-6-18(28)7-5-17)26(35)22-15-34(25-3-2-11-31-32-25)14-21(22)20-9-8-19(29)13-23(20)30/h2-9,11,13,21-22,24,36H,10,12,14-16H2,1H3/t21-,22+,24-,27-/m0/s1. The topological polar surface area (TPSA) is 78.8 Å². The number of aliphatic hydroxyl groups is 1. The van der Waals surface area contributed by atoms with Gasteiger partial charge in [0.2, 0.25) is 5.91 Å². The third kappa shape index (κ3) is 4.78. The summed E-state index contributed by atoms with van der Waals surface area (Å²) >= 11 is 0. The van der Waals surface area contributed by atoms with Crippen molar-refractivity contribution in [2.75, 3.05) is 38.2 Å². The van der Waals surface area contributed by atoms with E-state index in [0.717, 1.165) is 6.07 Å². The molecule has 0 unspecified atom stereocenters. The lowest BCUT2D eigenvalue weighted by atomic mass is 9.81. The van der Waals surface area contributed by atoms with Gasteiger partial charge in [-0.1, -0.05) is 18.2 Å². The number of benzene rings is 2. The first kappa shape index (κ1) is 25.2. The van der Waals surface area contributed by atoms with Gasteiger partial charge in [0, 0.05) is 57.9 Å². The van der Waals surface area contributed by atoms with Gasteiger partial charge >= 0.3 is 0 Å². The number of carbonyl (C=O) groups is 1. The van der Waals surface area contributed by atoms with Gasteiger partial charge in [-0.3, -0.25) is 4.79 Å². The summed E-state index contributed by atoms with van der Waals surface area (Å²) in [7, 11) is 1.45. The minimum atomic E-state index is -1.40. The number of hydrogen-bond acceptors (Lipinski definition) is 6. The van der Waals surface area contributed by atoms with Crippen molar-refractivity contribution in [2.45, 2.75) is 24.0 Å². The van der Waals surface area contributed by atoms with E-state index in [-0.39, 0.29) is 37.5 Å². The van der Waals surface area contributed by atoms with Crippen LogP contribution in [0.3, 0.4) is 0 Å². The quantitative estimate of drug-likeness (QED) is 0.566. The number of carbonyl (C=O) groups excluding carboxylic acids is 1. The summed E-state index contributed by atoms with van der Waals surface area (Å²) in [6.45, 7) is 0.907. The van der Waals surface area contributed by atoms with E-state index in [1.54, 1.807) is 23.2 Å².